The van der Waals surface area contributed by atoms with Crippen LogP contribution in [0.5, 0.6) is 11.5 Å². The van der Waals surface area contributed by atoms with Crippen molar-refractivity contribution in [2.75, 3.05) is 38.1 Å². The van der Waals surface area contributed by atoms with Crippen LogP contribution in [-0.2, 0) is 22.6 Å². The monoisotopic (exact) mass is 712 g/mol. The van der Waals surface area contributed by atoms with Crippen molar-refractivity contribution in [3.05, 3.63) is 46.9 Å². The molecule has 2 aromatic heterocycles. The zero-order valence-corrected chi connectivity index (χ0v) is 29.8. The van der Waals surface area contributed by atoms with E-state index >= 15 is 4.39 Å². The van der Waals surface area contributed by atoms with Crippen LogP contribution in [0.1, 0.15) is 86.7 Å². The Morgan fingerprint density at radius 2 is 1.74 bits per heavy atom. The van der Waals surface area contributed by atoms with Crippen LogP contribution in [0.25, 0.3) is 10.6 Å². The molecule has 5 rings (SSSR count). The topological polar surface area (TPSA) is 153 Å². The van der Waals surface area contributed by atoms with Crippen molar-refractivity contribution in [2.45, 2.75) is 90.4 Å². The number of carbonyl (C=O) groups is 3. The molecule has 3 N–H and O–H groups in total. The predicted octanol–water partition coefficient (Wildman–Crippen LogP) is 7.12. The summed E-state index contributed by atoms with van der Waals surface area (Å²) in [4.78, 5) is 49.9. The Labute approximate surface area is 295 Å². The maximum absolute atomic E-state index is 16.5. The quantitative estimate of drug-likeness (QED) is 0.139. The van der Waals surface area contributed by atoms with Crippen molar-refractivity contribution in [2.24, 2.45) is 0 Å². The molecule has 270 valence electrons. The zero-order valence-electron chi connectivity index (χ0n) is 28.9. The van der Waals surface area contributed by atoms with Crippen LogP contribution in [0.2, 0.25) is 0 Å². The van der Waals surface area contributed by atoms with Gasteiger partial charge in [-0.25, -0.2) is 23.9 Å². The Balaban J connectivity index is 1.46. The van der Waals surface area contributed by atoms with E-state index in [0.717, 1.165) is 55.4 Å². The van der Waals surface area contributed by atoms with Crippen molar-refractivity contribution < 1.29 is 37.7 Å². The highest BCUT2D eigenvalue weighted by atomic mass is 32.1. The number of methoxy groups -OCH3 is 2. The first-order valence-electron chi connectivity index (χ1n) is 17.1. The number of hydrogen-bond donors (Lipinski definition) is 3. The average Bonchev–Trinajstić information content (AvgIpc) is 3.71. The SMILES string of the molecule is CCCCOC(=O)Nc1ncc(-c2nc(N[C@@H]3CCCC[C@@H]3NC(=O)OCCCC)c(F)c3c2C(=O)N(Cc2ccc(OC)cc2OC)C3)s1. The number of carbonyl (C=O) groups excluding carboxylic acids is 3. The molecular weight excluding hydrogens is 667 g/mol. The molecule has 0 unspecified atom stereocenters. The lowest BCUT2D eigenvalue weighted by Crippen LogP contribution is -2.49. The van der Waals surface area contributed by atoms with Gasteiger partial charge in [0.2, 0.25) is 0 Å². The van der Waals surface area contributed by atoms with Gasteiger partial charge in [0.1, 0.15) is 11.5 Å². The molecule has 1 aliphatic carbocycles. The second kappa shape index (κ2) is 17.3. The largest absolute Gasteiger partial charge is 0.497 e. The van der Waals surface area contributed by atoms with Crippen molar-refractivity contribution in [3.63, 3.8) is 0 Å². The Morgan fingerprint density at radius 3 is 2.44 bits per heavy atom. The molecule has 0 bridgehead atoms. The Hall–Kier alpha value is -4.66. The van der Waals surface area contributed by atoms with Crippen molar-refractivity contribution in [1.29, 1.82) is 0 Å². The Morgan fingerprint density at radius 1 is 1.02 bits per heavy atom. The lowest BCUT2D eigenvalue weighted by molar-refractivity contribution is 0.0765. The number of nitrogens with one attached hydrogen (secondary N) is 3. The highest BCUT2D eigenvalue weighted by Gasteiger charge is 2.38. The third kappa shape index (κ3) is 8.73. The molecule has 1 aliphatic heterocycles. The van der Waals surface area contributed by atoms with Gasteiger partial charge in [0.15, 0.2) is 16.8 Å². The van der Waals surface area contributed by atoms with Crippen molar-refractivity contribution in [3.8, 4) is 22.1 Å². The third-order valence-electron chi connectivity index (χ3n) is 8.74. The van der Waals surface area contributed by atoms with Gasteiger partial charge in [-0.2, -0.15) is 0 Å². The fourth-order valence-corrected chi connectivity index (χ4v) is 6.83. The minimum absolute atomic E-state index is 0.0108. The molecule has 1 saturated carbocycles. The smallest absolute Gasteiger partial charge is 0.413 e. The normalized spacial score (nSPS) is 16.8. The van der Waals surface area contributed by atoms with Crippen molar-refractivity contribution in [1.82, 2.24) is 20.2 Å². The van der Waals surface area contributed by atoms with Gasteiger partial charge in [0, 0.05) is 36.0 Å². The number of halogens is 1. The summed E-state index contributed by atoms with van der Waals surface area (Å²) in [6.45, 7) is 4.75. The van der Waals surface area contributed by atoms with Crippen LogP contribution in [0, 0.1) is 5.82 Å². The minimum atomic E-state index is -0.640. The van der Waals surface area contributed by atoms with Gasteiger partial charge in [-0.15, -0.1) is 0 Å². The van der Waals surface area contributed by atoms with Gasteiger partial charge in [-0.05, 0) is 37.8 Å². The van der Waals surface area contributed by atoms with E-state index < -0.39 is 23.9 Å². The number of anilines is 2. The van der Waals surface area contributed by atoms with E-state index in [4.69, 9.17) is 23.9 Å². The molecule has 13 nitrogen and oxygen atoms in total. The molecule has 2 atom stereocenters. The average molecular weight is 713 g/mol. The number of hydrogen-bond acceptors (Lipinski definition) is 11. The van der Waals surface area contributed by atoms with Gasteiger partial charge >= 0.3 is 12.2 Å². The van der Waals surface area contributed by atoms with Gasteiger partial charge in [-0.1, -0.05) is 50.9 Å². The Bertz CT molecular complexity index is 1670. The van der Waals surface area contributed by atoms with Gasteiger partial charge < -0.3 is 34.5 Å². The van der Waals surface area contributed by atoms with E-state index in [0.29, 0.717) is 35.8 Å². The second-order valence-corrected chi connectivity index (χ2v) is 13.3. The number of benzene rings is 1. The number of amides is 3. The number of unbranched alkanes of at least 4 members (excludes halogenated alkanes) is 2. The summed E-state index contributed by atoms with van der Waals surface area (Å²) in [5, 5.41) is 9.09. The molecule has 50 heavy (non-hydrogen) atoms. The number of aromatic nitrogens is 2. The van der Waals surface area contributed by atoms with E-state index in [1.807, 2.05) is 13.8 Å². The molecule has 1 aromatic carbocycles. The highest BCUT2D eigenvalue weighted by Crippen LogP contribution is 2.40. The summed E-state index contributed by atoms with van der Waals surface area (Å²) >= 11 is 1.10. The first kappa shape index (κ1) is 36.6. The number of fused-ring (bicyclic) bond motifs is 1. The lowest BCUT2D eigenvalue weighted by atomic mass is 9.90. The summed E-state index contributed by atoms with van der Waals surface area (Å²) in [6, 6.07) is 4.67. The van der Waals surface area contributed by atoms with Gasteiger partial charge in [0.25, 0.3) is 5.91 Å². The molecule has 0 radical (unpaired) electrons. The molecule has 0 saturated heterocycles. The second-order valence-electron chi connectivity index (χ2n) is 12.2. The van der Waals surface area contributed by atoms with Crippen LogP contribution >= 0.6 is 11.3 Å². The summed E-state index contributed by atoms with van der Waals surface area (Å²) in [7, 11) is 3.09. The molecule has 3 aromatic rings. The first-order chi connectivity index (χ1) is 24.3. The van der Waals surface area contributed by atoms with E-state index in [9.17, 15) is 14.4 Å². The molecule has 3 amide bonds. The lowest BCUT2D eigenvalue weighted by Gasteiger charge is -2.33. The Kier molecular flexibility index (Phi) is 12.7. The van der Waals surface area contributed by atoms with Crippen LogP contribution < -0.4 is 25.4 Å². The van der Waals surface area contributed by atoms with Crippen LogP contribution in [0.4, 0.5) is 24.9 Å². The molecule has 15 heteroatoms. The number of ether oxygens (including phenoxy) is 4. The first-order valence-corrected chi connectivity index (χ1v) is 17.9. The fraction of sp³-hybridized carbons (Fsp3) is 0.514. The maximum atomic E-state index is 16.5. The highest BCUT2D eigenvalue weighted by molar-refractivity contribution is 7.19. The summed E-state index contributed by atoms with van der Waals surface area (Å²) < 4.78 is 37.9. The molecule has 0 spiro atoms. The maximum Gasteiger partial charge on any atom is 0.413 e. The van der Waals surface area contributed by atoms with Crippen LogP contribution in [0.15, 0.2) is 24.4 Å². The van der Waals surface area contributed by atoms with Crippen LogP contribution in [-0.4, -0.2) is 72.5 Å². The number of rotatable bonds is 15. The predicted molar refractivity (Wildman–Crippen MR) is 187 cm³/mol. The molecule has 2 aliphatic rings. The van der Waals surface area contributed by atoms with Gasteiger partial charge in [-0.3, -0.25) is 10.1 Å². The molecule has 1 fully saturated rings. The summed E-state index contributed by atoms with van der Waals surface area (Å²) in [5.74, 6) is 0.0550. The zero-order chi connectivity index (χ0) is 35.6. The van der Waals surface area contributed by atoms with Crippen molar-refractivity contribution >= 4 is 40.4 Å². The number of alkyl carbamates (subject to hydrolysis) is 1. The van der Waals surface area contributed by atoms with E-state index in [1.165, 1.54) is 18.2 Å². The van der Waals surface area contributed by atoms with Crippen LogP contribution in [0.3, 0.4) is 0 Å². The standard InChI is InChI=1S/C35H45FN6O7S/c1-5-7-15-48-34(44)39-25-12-10-9-11-24(25)38-31-29(36)23-20-42(19-21-13-14-22(46-3)17-26(21)47-4)32(43)28(23)30(40-31)27-18-37-33(50-27)41-35(45)49-16-8-6-2/h13-14,17-18,24-25H,5-12,15-16,19-20H2,1-4H3,(H,38,40)(H,39,44)(H,37,41,45)/t24-,25+/m1/s1. The fourth-order valence-electron chi connectivity index (χ4n) is 6.03. The summed E-state index contributed by atoms with van der Waals surface area (Å²) in [5.41, 5.74) is 1.27. The third-order valence-corrected chi connectivity index (χ3v) is 9.66. The van der Waals surface area contributed by atoms with Gasteiger partial charge in [0.05, 0.1) is 56.2 Å². The van der Waals surface area contributed by atoms with E-state index in [2.05, 4.69) is 20.9 Å². The van der Waals surface area contributed by atoms with E-state index in [1.54, 1.807) is 25.3 Å². The van der Waals surface area contributed by atoms with E-state index in [-0.39, 0.29) is 59.6 Å². The number of pyridine rings is 1. The molecule has 3 heterocycles. The molecular formula is C35H45FN6O7S. The summed E-state index contributed by atoms with van der Waals surface area (Å²) in [6.07, 6.45) is 6.78. The number of thiazole rings is 1. The number of nitrogens with zero attached hydrogens (tertiary/aromatic N) is 3. The minimum Gasteiger partial charge on any atom is -0.497 e.